The first-order valence-corrected chi connectivity index (χ1v) is 10.2. The summed E-state index contributed by atoms with van der Waals surface area (Å²) >= 11 is 0. The third-order valence-electron chi connectivity index (χ3n) is 7.37. The molecule has 0 aromatic heterocycles. The summed E-state index contributed by atoms with van der Waals surface area (Å²) in [5.74, 6) is 0.267. The van der Waals surface area contributed by atoms with Gasteiger partial charge >= 0.3 is 11.9 Å². The van der Waals surface area contributed by atoms with Crippen LogP contribution in [0.15, 0.2) is 12.2 Å². The van der Waals surface area contributed by atoms with Crippen LogP contribution in [-0.2, 0) is 14.3 Å². The minimum Gasteiger partial charge on any atom is -0.481 e. The Morgan fingerprint density at radius 3 is 2.62 bits per heavy atom. The van der Waals surface area contributed by atoms with Crippen LogP contribution in [0.5, 0.6) is 0 Å². The molecular formula is C22H36O4. The van der Waals surface area contributed by atoms with Gasteiger partial charge in [-0.2, -0.15) is 0 Å². The smallest absolute Gasteiger partial charge is 0.309 e. The molecule has 0 saturated heterocycles. The van der Waals surface area contributed by atoms with Gasteiger partial charge in [0.2, 0.25) is 0 Å². The van der Waals surface area contributed by atoms with Gasteiger partial charge in [-0.1, -0.05) is 32.4 Å². The summed E-state index contributed by atoms with van der Waals surface area (Å²) in [6, 6.07) is 0. The van der Waals surface area contributed by atoms with E-state index in [-0.39, 0.29) is 17.3 Å². The van der Waals surface area contributed by atoms with E-state index in [1.54, 1.807) is 0 Å². The van der Waals surface area contributed by atoms with E-state index in [0.717, 1.165) is 51.4 Å². The maximum absolute atomic E-state index is 12.0. The molecule has 2 aliphatic carbocycles. The molecule has 0 amide bonds. The molecule has 0 heterocycles. The number of carbonyl (C=O) groups excluding carboxylic acids is 1. The van der Waals surface area contributed by atoms with E-state index < -0.39 is 11.4 Å². The van der Waals surface area contributed by atoms with Crippen molar-refractivity contribution < 1.29 is 19.4 Å². The summed E-state index contributed by atoms with van der Waals surface area (Å²) in [6.07, 6.45) is 7.80. The van der Waals surface area contributed by atoms with Gasteiger partial charge in [0, 0.05) is 6.92 Å². The monoisotopic (exact) mass is 364 g/mol. The molecule has 0 aromatic carbocycles. The standard InChI is InChI=1S/C22H36O4/c1-15(11-14-26-17(3)23)7-9-18-16(2)8-10-19-21(18,4)12-6-13-22(19,5)20(24)25/h15,18-19H,2,6-14H2,1,3-5H3,(H,24,25)/t15-,18-,19+,21+,22-/m1/s1. The first-order chi connectivity index (χ1) is 12.1. The number of hydrogen-bond acceptors (Lipinski definition) is 3. The predicted octanol–water partition coefficient (Wildman–Crippen LogP) is 5.22. The fourth-order valence-electron chi connectivity index (χ4n) is 5.74. The molecule has 5 atom stereocenters. The molecule has 0 unspecified atom stereocenters. The summed E-state index contributed by atoms with van der Waals surface area (Å²) in [7, 11) is 0. The molecule has 2 fully saturated rings. The van der Waals surface area contributed by atoms with Crippen LogP contribution in [-0.4, -0.2) is 23.7 Å². The van der Waals surface area contributed by atoms with Crippen LogP contribution >= 0.6 is 0 Å². The molecule has 1 N–H and O–H groups in total. The molecule has 2 rings (SSSR count). The van der Waals surface area contributed by atoms with Crippen molar-refractivity contribution in [2.75, 3.05) is 6.61 Å². The normalized spacial score (nSPS) is 35.5. The van der Waals surface area contributed by atoms with E-state index in [1.807, 2.05) is 6.92 Å². The van der Waals surface area contributed by atoms with Crippen molar-refractivity contribution in [1.82, 2.24) is 0 Å². The van der Waals surface area contributed by atoms with Crippen molar-refractivity contribution in [3.8, 4) is 0 Å². The van der Waals surface area contributed by atoms with Crippen LogP contribution in [0, 0.1) is 28.6 Å². The lowest BCUT2D eigenvalue weighted by atomic mass is 9.46. The second-order valence-corrected chi connectivity index (χ2v) is 9.20. The highest BCUT2D eigenvalue weighted by Gasteiger charge is 2.57. The minimum atomic E-state index is -0.630. The molecule has 2 aliphatic rings. The largest absolute Gasteiger partial charge is 0.481 e. The Morgan fingerprint density at radius 1 is 1.31 bits per heavy atom. The lowest BCUT2D eigenvalue weighted by Crippen LogP contribution is -2.53. The second kappa shape index (κ2) is 8.14. The number of fused-ring (bicyclic) bond motifs is 1. The Kier molecular flexibility index (Phi) is 6.57. The Bertz CT molecular complexity index is 554. The van der Waals surface area contributed by atoms with Crippen LogP contribution in [0.25, 0.3) is 0 Å². The number of aliphatic carboxylic acids is 1. The van der Waals surface area contributed by atoms with Gasteiger partial charge < -0.3 is 9.84 Å². The van der Waals surface area contributed by atoms with Crippen molar-refractivity contribution in [3.63, 3.8) is 0 Å². The zero-order valence-electron chi connectivity index (χ0n) is 17.0. The predicted molar refractivity (Wildman–Crippen MR) is 103 cm³/mol. The molecule has 0 aliphatic heterocycles. The minimum absolute atomic E-state index is 0.0380. The molecular weight excluding hydrogens is 328 g/mol. The molecule has 0 bridgehead atoms. The van der Waals surface area contributed by atoms with E-state index >= 15 is 0 Å². The summed E-state index contributed by atoms with van der Waals surface area (Å²) in [5, 5.41) is 9.90. The van der Waals surface area contributed by atoms with Crippen molar-refractivity contribution >= 4 is 11.9 Å². The molecule has 0 spiro atoms. The fourth-order valence-corrected chi connectivity index (χ4v) is 5.74. The average Bonchev–Trinajstić information content (AvgIpc) is 2.53. The Morgan fingerprint density at radius 2 is 2.00 bits per heavy atom. The first kappa shape index (κ1) is 21.0. The molecule has 4 nitrogen and oxygen atoms in total. The molecule has 2 saturated carbocycles. The highest BCUT2D eigenvalue weighted by molar-refractivity contribution is 5.75. The quantitative estimate of drug-likeness (QED) is 0.497. The van der Waals surface area contributed by atoms with Crippen molar-refractivity contribution in [3.05, 3.63) is 12.2 Å². The van der Waals surface area contributed by atoms with Crippen molar-refractivity contribution in [1.29, 1.82) is 0 Å². The van der Waals surface area contributed by atoms with Crippen LogP contribution in [0.4, 0.5) is 0 Å². The van der Waals surface area contributed by atoms with Crippen molar-refractivity contribution in [2.24, 2.45) is 28.6 Å². The molecule has 148 valence electrons. The number of hydrogen-bond donors (Lipinski definition) is 1. The number of carboxylic acids is 1. The second-order valence-electron chi connectivity index (χ2n) is 9.20. The number of carboxylic acid groups (broad SMARTS) is 1. The maximum atomic E-state index is 12.0. The number of esters is 1. The van der Waals surface area contributed by atoms with E-state index in [4.69, 9.17) is 4.74 Å². The van der Waals surface area contributed by atoms with E-state index in [2.05, 4.69) is 20.4 Å². The van der Waals surface area contributed by atoms with E-state index in [9.17, 15) is 14.7 Å². The Balaban J connectivity index is 2.06. The average molecular weight is 365 g/mol. The van der Waals surface area contributed by atoms with Crippen LogP contribution < -0.4 is 0 Å². The van der Waals surface area contributed by atoms with E-state index in [0.29, 0.717) is 18.4 Å². The molecule has 0 radical (unpaired) electrons. The SMILES string of the molecule is C=C1CC[C@H]2[C@@](C)(CCC[C@@]2(C)C(=O)O)[C@@H]1CC[C@@H](C)CCOC(C)=O. The van der Waals surface area contributed by atoms with Crippen molar-refractivity contribution in [2.45, 2.75) is 79.1 Å². The van der Waals surface area contributed by atoms with E-state index in [1.165, 1.54) is 12.5 Å². The Labute approximate surface area is 158 Å². The number of rotatable bonds is 7. The Hall–Kier alpha value is -1.32. The van der Waals surface area contributed by atoms with Crippen LogP contribution in [0.2, 0.25) is 0 Å². The summed E-state index contributed by atoms with van der Waals surface area (Å²) in [6.45, 7) is 12.8. The molecule has 26 heavy (non-hydrogen) atoms. The van der Waals surface area contributed by atoms with Gasteiger partial charge in [0.25, 0.3) is 0 Å². The molecule has 4 heteroatoms. The van der Waals surface area contributed by atoms with Gasteiger partial charge in [0.15, 0.2) is 0 Å². The zero-order valence-corrected chi connectivity index (χ0v) is 17.0. The van der Waals surface area contributed by atoms with Gasteiger partial charge in [-0.15, -0.1) is 0 Å². The topological polar surface area (TPSA) is 63.6 Å². The summed E-state index contributed by atoms with van der Waals surface area (Å²) < 4.78 is 5.06. The number of allylic oxidation sites excluding steroid dienone is 1. The lowest BCUT2D eigenvalue weighted by Gasteiger charge is -2.57. The number of ether oxygens (including phenoxy) is 1. The van der Waals surface area contributed by atoms with Gasteiger partial charge in [-0.25, -0.2) is 0 Å². The van der Waals surface area contributed by atoms with Crippen LogP contribution in [0.1, 0.15) is 79.1 Å². The highest BCUT2D eigenvalue weighted by Crippen LogP contribution is 2.62. The highest BCUT2D eigenvalue weighted by atomic mass is 16.5. The lowest BCUT2D eigenvalue weighted by molar-refractivity contribution is -0.164. The fraction of sp³-hybridized carbons (Fsp3) is 0.818. The first-order valence-electron chi connectivity index (χ1n) is 10.2. The van der Waals surface area contributed by atoms with Gasteiger partial charge in [-0.3, -0.25) is 9.59 Å². The zero-order chi connectivity index (χ0) is 19.5. The van der Waals surface area contributed by atoms with Gasteiger partial charge in [0.05, 0.1) is 12.0 Å². The third kappa shape index (κ3) is 4.15. The third-order valence-corrected chi connectivity index (χ3v) is 7.37. The summed E-state index contributed by atoms with van der Waals surface area (Å²) in [4.78, 5) is 22.9. The number of carbonyl (C=O) groups is 2. The van der Waals surface area contributed by atoms with Gasteiger partial charge in [-0.05, 0) is 75.0 Å². The molecule has 0 aromatic rings. The summed E-state index contributed by atoms with van der Waals surface area (Å²) in [5.41, 5.74) is 0.744. The maximum Gasteiger partial charge on any atom is 0.309 e. The van der Waals surface area contributed by atoms with Crippen LogP contribution in [0.3, 0.4) is 0 Å². The van der Waals surface area contributed by atoms with Gasteiger partial charge in [0.1, 0.15) is 0 Å².